The number of halogens is 1. The predicted molar refractivity (Wildman–Crippen MR) is 78.8 cm³/mol. The average molecular weight is 288 g/mol. The Morgan fingerprint density at radius 1 is 1.33 bits per heavy atom. The van der Waals surface area contributed by atoms with Gasteiger partial charge in [0.05, 0.1) is 18.7 Å². The summed E-state index contributed by atoms with van der Waals surface area (Å²) in [4.78, 5) is 15.6. The van der Waals surface area contributed by atoms with Gasteiger partial charge in [-0.3, -0.25) is 0 Å². The first-order chi connectivity index (χ1) is 10.0. The number of carbonyl (C=O) groups is 1. The number of hydrogen-bond acceptors (Lipinski definition) is 4. The minimum Gasteiger partial charge on any atom is -0.465 e. The van der Waals surface area contributed by atoms with Crippen molar-refractivity contribution in [1.29, 1.82) is 0 Å². The Morgan fingerprint density at radius 2 is 2.10 bits per heavy atom. The van der Waals surface area contributed by atoms with Crippen LogP contribution in [0.15, 0.2) is 36.5 Å². The summed E-state index contributed by atoms with van der Waals surface area (Å²) in [7, 11) is 1.33. The predicted octanol–water partition coefficient (Wildman–Crippen LogP) is 3.49. The van der Waals surface area contributed by atoms with E-state index in [0.717, 1.165) is 5.56 Å². The molecule has 1 aromatic carbocycles. The molecule has 0 bridgehead atoms. The maximum Gasteiger partial charge on any atom is 0.338 e. The van der Waals surface area contributed by atoms with Crippen LogP contribution in [-0.2, 0) is 4.74 Å². The van der Waals surface area contributed by atoms with E-state index in [1.807, 2.05) is 13.0 Å². The minimum absolute atomic E-state index is 0.138. The van der Waals surface area contributed by atoms with Gasteiger partial charge in [-0.15, -0.1) is 0 Å². The summed E-state index contributed by atoms with van der Waals surface area (Å²) in [6, 6.07) is 8.14. The summed E-state index contributed by atoms with van der Waals surface area (Å²) in [6.07, 6.45) is 1.52. The number of aryl methyl sites for hydroxylation is 1. The van der Waals surface area contributed by atoms with Gasteiger partial charge in [-0.05, 0) is 43.2 Å². The highest BCUT2D eigenvalue weighted by Crippen LogP contribution is 2.20. The standard InChI is InChI=1S/C16H17FN2O2/c1-10-4-5-12(8-14(10)17)11(2)19-15-9-13(6-7-18-15)16(20)21-3/h4-9,11H,1-3H3,(H,18,19). The van der Waals surface area contributed by atoms with Gasteiger partial charge in [0, 0.05) is 6.20 Å². The molecule has 0 radical (unpaired) electrons. The van der Waals surface area contributed by atoms with Crippen molar-refractivity contribution < 1.29 is 13.9 Å². The second kappa shape index (κ2) is 6.35. The molecule has 0 saturated carbocycles. The maximum atomic E-state index is 13.6. The number of nitrogens with one attached hydrogen (secondary N) is 1. The third kappa shape index (κ3) is 3.56. The van der Waals surface area contributed by atoms with E-state index in [9.17, 15) is 9.18 Å². The zero-order valence-electron chi connectivity index (χ0n) is 12.2. The lowest BCUT2D eigenvalue weighted by Crippen LogP contribution is -2.10. The van der Waals surface area contributed by atoms with E-state index in [4.69, 9.17) is 0 Å². The second-order valence-electron chi connectivity index (χ2n) is 4.80. The van der Waals surface area contributed by atoms with E-state index in [-0.39, 0.29) is 11.9 Å². The molecule has 0 fully saturated rings. The molecule has 1 aromatic heterocycles. The van der Waals surface area contributed by atoms with Crippen molar-refractivity contribution in [2.24, 2.45) is 0 Å². The van der Waals surface area contributed by atoms with Gasteiger partial charge in [-0.1, -0.05) is 12.1 Å². The number of carbonyl (C=O) groups excluding carboxylic acids is 1. The van der Waals surface area contributed by atoms with Crippen molar-refractivity contribution in [3.8, 4) is 0 Å². The molecule has 21 heavy (non-hydrogen) atoms. The molecule has 4 nitrogen and oxygen atoms in total. The van der Waals surface area contributed by atoms with Crippen LogP contribution in [0.3, 0.4) is 0 Å². The Morgan fingerprint density at radius 3 is 2.76 bits per heavy atom. The molecular weight excluding hydrogens is 271 g/mol. The van der Waals surface area contributed by atoms with Crippen LogP contribution in [0.4, 0.5) is 10.2 Å². The van der Waals surface area contributed by atoms with Gasteiger partial charge in [0.15, 0.2) is 0 Å². The monoisotopic (exact) mass is 288 g/mol. The van der Waals surface area contributed by atoms with Crippen LogP contribution in [0.25, 0.3) is 0 Å². The first-order valence-corrected chi connectivity index (χ1v) is 6.58. The molecule has 2 rings (SSSR count). The Kier molecular flexibility index (Phi) is 4.52. The Bertz CT molecular complexity index is 658. The number of aromatic nitrogens is 1. The SMILES string of the molecule is COC(=O)c1ccnc(NC(C)c2ccc(C)c(F)c2)c1. The zero-order chi connectivity index (χ0) is 15.4. The lowest BCUT2D eigenvalue weighted by molar-refractivity contribution is 0.0600. The molecule has 110 valence electrons. The van der Waals surface area contributed by atoms with Crippen molar-refractivity contribution in [2.45, 2.75) is 19.9 Å². The minimum atomic E-state index is -0.422. The molecule has 0 spiro atoms. The highest BCUT2D eigenvalue weighted by Gasteiger charge is 2.11. The van der Waals surface area contributed by atoms with Crippen LogP contribution < -0.4 is 5.32 Å². The Labute approximate surface area is 123 Å². The summed E-state index contributed by atoms with van der Waals surface area (Å²) >= 11 is 0. The fourth-order valence-corrected chi connectivity index (χ4v) is 1.94. The van der Waals surface area contributed by atoms with E-state index >= 15 is 0 Å². The number of anilines is 1. The highest BCUT2D eigenvalue weighted by atomic mass is 19.1. The van der Waals surface area contributed by atoms with Gasteiger partial charge in [0.25, 0.3) is 0 Å². The number of benzene rings is 1. The van der Waals surface area contributed by atoms with Crippen LogP contribution in [-0.4, -0.2) is 18.1 Å². The molecule has 1 N–H and O–H groups in total. The van der Waals surface area contributed by atoms with E-state index in [0.29, 0.717) is 16.9 Å². The Balaban J connectivity index is 2.17. The first kappa shape index (κ1) is 15.0. The largest absolute Gasteiger partial charge is 0.465 e. The summed E-state index contributed by atoms with van der Waals surface area (Å²) < 4.78 is 18.3. The van der Waals surface area contributed by atoms with E-state index in [2.05, 4.69) is 15.0 Å². The fourth-order valence-electron chi connectivity index (χ4n) is 1.94. The summed E-state index contributed by atoms with van der Waals surface area (Å²) in [5.74, 6) is -0.127. The molecule has 0 aliphatic heterocycles. The smallest absolute Gasteiger partial charge is 0.338 e. The van der Waals surface area contributed by atoms with Crippen LogP contribution in [0.1, 0.15) is 34.5 Å². The zero-order valence-corrected chi connectivity index (χ0v) is 12.2. The van der Waals surface area contributed by atoms with Crippen molar-refractivity contribution in [3.63, 3.8) is 0 Å². The van der Waals surface area contributed by atoms with Crippen LogP contribution >= 0.6 is 0 Å². The molecule has 0 aliphatic rings. The van der Waals surface area contributed by atoms with Gasteiger partial charge in [0.1, 0.15) is 11.6 Å². The number of rotatable bonds is 4. The summed E-state index contributed by atoms with van der Waals surface area (Å²) in [6.45, 7) is 3.62. The van der Waals surface area contributed by atoms with Gasteiger partial charge in [-0.2, -0.15) is 0 Å². The molecule has 0 saturated heterocycles. The van der Waals surface area contributed by atoms with Gasteiger partial charge in [0.2, 0.25) is 0 Å². The summed E-state index contributed by atoms with van der Waals surface area (Å²) in [5.41, 5.74) is 1.83. The number of hydrogen-bond donors (Lipinski definition) is 1. The average Bonchev–Trinajstić information content (AvgIpc) is 2.49. The van der Waals surface area contributed by atoms with Gasteiger partial charge in [-0.25, -0.2) is 14.2 Å². The highest BCUT2D eigenvalue weighted by molar-refractivity contribution is 5.89. The molecule has 1 heterocycles. The van der Waals surface area contributed by atoms with Gasteiger partial charge < -0.3 is 10.1 Å². The lowest BCUT2D eigenvalue weighted by atomic mass is 10.1. The molecule has 0 amide bonds. The van der Waals surface area contributed by atoms with Crippen molar-refractivity contribution in [3.05, 3.63) is 59.0 Å². The molecule has 1 atom stereocenters. The third-order valence-corrected chi connectivity index (χ3v) is 3.24. The topological polar surface area (TPSA) is 51.2 Å². The van der Waals surface area contributed by atoms with Crippen molar-refractivity contribution in [2.75, 3.05) is 12.4 Å². The van der Waals surface area contributed by atoms with Crippen molar-refractivity contribution in [1.82, 2.24) is 4.98 Å². The lowest BCUT2D eigenvalue weighted by Gasteiger charge is -2.16. The van der Waals surface area contributed by atoms with E-state index in [1.165, 1.54) is 19.4 Å². The molecule has 5 heteroatoms. The van der Waals surface area contributed by atoms with Crippen LogP contribution in [0.2, 0.25) is 0 Å². The van der Waals surface area contributed by atoms with Gasteiger partial charge >= 0.3 is 5.97 Å². The fraction of sp³-hybridized carbons (Fsp3) is 0.250. The van der Waals surface area contributed by atoms with E-state index < -0.39 is 5.97 Å². The second-order valence-corrected chi connectivity index (χ2v) is 4.80. The number of ether oxygens (including phenoxy) is 1. The molecular formula is C16H17FN2O2. The molecule has 1 unspecified atom stereocenters. The molecule has 0 aliphatic carbocycles. The first-order valence-electron chi connectivity index (χ1n) is 6.58. The Hall–Kier alpha value is -2.43. The number of pyridine rings is 1. The number of esters is 1. The van der Waals surface area contributed by atoms with Crippen LogP contribution in [0.5, 0.6) is 0 Å². The summed E-state index contributed by atoms with van der Waals surface area (Å²) in [5, 5.41) is 3.14. The molecule has 2 aromatic rings. The third-order valence-electron chi connectivity index (χ3n) is 3.24. The number of nitrogens with zero attached hydrogens (tertiary/aromatic N) is 1. The number of methoxy groups -OCH3 is 1. The van der Waals surface area contributed by atoms with Crippen molar-refractivity contribution >= 4 is 11.8 Å². The van der Waals surface area contributed by atoms with Crippen LogP contribution in [0, 0.1) is 12.7 Å². The maximum absolute atomic E-state index is 13.6. The normalized spacial score (nSPS) is 11.8. The quantitative estimate of drug-likeness (QED) is 0.875. The van der Waals surface area contributed by atoms with E-state index in [1.54, 1.807) is 25.1 Å².